The molecule has 1 atom stereocenters. The molecule has 7 heteroatoms. The molecular weight excluding hydrogens is 358 g/mol. The van der Waals surface area contributed by atoms with E-state index in [1.54, 1.807) is 12.1 Å². The first kappa shape index (κ1) is 19.8. The van der Waals surface area contributed by atoms with Gasteiger partial charge in [-0.25, -0.2) is 0 Å². The fourth-order valence-corrected chi connectivity index (χ4v) is 3.42. The number of nitrogens with one attached hydrogen (secondary N) is 1. The Morgan fingerprint density at radius 2 is 1.93 bits per heavy atom. The number of anilines is 1. The molecule has 28 heavy (non-hydrogen) atoms. The largest absolute Gasteiger partial charge is 0.378 e. The first-order chi connectivity index (χ1) is 13.6. The van der Waals surface area contributed by atoms with Crippen LogP contribution in [0.25, 0.3) is 0 Å². The molecule has 1 unspecified atom stereocenters. The van der Waals surface area contributed by atoms with Gasteiger partial charge >= 0.3 is 0 Å². The second-order valence-corrected chi connectivity index (χ2v) is 6.79. The van der Waals surface area contributed by atoms with Crippen molar-refractivity contribution in [2.75, 3.05) is 31.2 Å². The molecule has 1 saturated heterocycles. The fraction of sp³-hybridized carbons (Fsp3) is 0.381. The van der Waals surface area contributed by atoms with Crippen LogP contribution in [0.2, 0.25) is 0 Å². The van der Waals surface area contributed by atoms with E-state index in [1.165, 1.54) is 6.07 Å². The summed E-state index contributed by atoms with van der Waals surface area (Å²) in [5.74, 6) is -0.307. The number of morpholine rings is 1. The average molecular weight is 383 g/mol. The Bertz CT molecular complexity index is 820. The molecule has 0 spiro atoms. The van der Waals surface area contributed by atoms with Crippen molar-refractivity contribution in [1.29, 1.82) is 0 Å². The van der Waals surface area contributed by atoms with Crippen LogP contribution >= 0.6 is 0 Å². The van der Waals surface area contributed by atoms with Gasteiger partial charge < -0.3 is 15.0 Å². The zero-order valence-corrected chi connectivity index (χ0v) is 16.0. The molecule has 0 aromatic heterocycles. The number of amides is 1. The SMILES string of the molecule is CCCC(NC(=O)c1ccc(N2CCOCC2)c([N+](=O)[O-])c1)c1ccccc1. The molecule has 0 saturated carbocycles. The average Bonchev–Trinajstić information content (AvgIpc) is 2.74. The highest BCUT2D eigenvalue weighted by molar-refractivity contribution is 5.96. The Balaban J connectivity index is 1.82. The Labute approximate surface area is 164 Å². The van der Waals surface area contributed by atoms with Crippen molar-refractivity contribution in [2.24, 2.45) is 0 Å². The van der Waals surface area contributed by atoms with Gasteiger partial charge in [-0.1, -0.05) is 43.7 Å². The molecule has 3 rings (SSSR count). The first-order valence-corrected chi connectivity index (χ1v) is 9.57. The van der Waals surface area contributed by atoms with Crippen LogP contribution in [0.1, 0.15) is 41.7 Å². The summed E-state index contributed by atoms with van der Waals surface area (Å²) in [5, 5.41) is 14.6. The van der Waals surface area contributed by atoms with E-state index in [9.17, 15) is 14.9 Å². The molecule has 1 amide bonds. The van der Waals surface area contributed by atoms with Gasteiger partial charge in [0.1, 0.15) is 5.69 Å². The lowest BCUT2D eigenvalue weighted by Gasteiger charge is -2.28. The van der Waals surface area contributed by atoms with Crippen LogP contribution in [0.4, 0.5) is 11.4 Å². The fourth-order valence-electron chi connectivity index (χ4n) is 3.42. The number of rotatable bonds is 7. The molecule has 2 aromatic rings. The predicted molar refractivity (Wildman–Crippen MR) is 108 cm³/mol. The van der Waals surface area contributed by atoms with Crippen molar-refractivity contribution in [2.45, 2.75) is 25.8 Å². The Hall–Kier alpha value is -2.93. The monoisotopic (exact) mass is 383 g/mol. The number of carbonyl (C=O) groups excluding carboxylic acids is 1. The quantitative estimate of drug-likeness (QED) is 0.582. The van der Waals surface area contributed by atoms with Gasteiger partial charge in [0.25, 0.3) is 11.6 Å². The molecule has 1 N–H and O–H groups in total. The number of ether oxygens (including phenoxy) is 1. The third-order valence-electron chi connectivity index (χ3n) is 4.87. The maximum atomic E-state index is 12.8. The summed E-state index contributed by atoms with van der Waals surface area (Å²) < 4.78 is 5.32. The molecule has 1 aliphatic heterocycles. The van der Waals surface area contributed by atoms with Gasteiger partial charge in [-0.2, -0.15) is 0 Å². The van der Waals surface area contributed by atoms with E-state index in [2.05, 4.69) is 12.2 Å². The standard InChI is InChI=1S/C21H25N3O4/c1-2-6-18(16-7-4-3-5-8-16)22-21(25)17-9-10-19(20(15-17)24(26)27)23-11-13-28-14-12-23/h3-5,7-10,15,18H,2,6,11-14H2,1H3,(H,22,25). The molecule has 148 valence electrons. The third kappa shape index (κ3) is 4.67. The van der Waals surface area contributed by atoms with Crippen LogP contribution < -0.4 is 10.2 Å². The molecule has 2 aromatic carbocycles. The molecule has 0 bridgehead atoms. The van der Waals surface area contributed by atoms with Crippen molar-refractivity contribution >= 4 is 17.3 Å². The number of benzene rings is 2. The topological polar surface area (TPSA) is 84.7 Å². The minimum atomic E-state index is -0.428. The minimum Gasteiger partial charge on any atom is -0.378 e. The second-order valence-electron chi connectivity index (χ2n) is 6.79. The normalized spacial score (nSPS) is 15.1. The maximum Gasteiger partial charge on any atom is 0.293 e. The molecule has 1 fully saturated rings. The molecular formula is C21H25N3O4. The van der Waals surface area contributed by atoms with Gasteiger partial charge in [0.15, 0.2) is 0 Å². The molecule has 7 nitrogen and oxygen atoms in total. The van der Waals surface area contributed by atoms with E-state index in [-0.39, 0.29) is 17.6 Å². The number of nitrogens with zero attached hydrogens (tertiary/aromatic N) is 2. The highest BCUT2D eigenvalue weighted by Gasteiger charge is 2.24. The zero-order valence-electron chi connectivity index (χ0n) is 16.0. The van der Waals surface area contributed by atoms with E-state index in [0.717, 1.165) is 18.4 Å². The van der Waals surface area contributed by atoms with E-state index < -0.39 is 4.92 Å². The third-order valence-corrected chi connectivity index (χ3v) is 4.87. The first-order valence-electron chi connectivity index (χ1n) is 9.57. The van der Waals surface area contributed by atoms with Gasteiger partial charge in [0.2, 0.25) is 0 Å². The van der Waals surface area contributed by atoms with E-state index in [1.807, 2.05) is 35.2 Å². The Kier molecular flexibility index (Phi) is 6.60. The smallest absolute Gasteiger partial charge is 0.293 e. The number of hydrogen-bond donors (Lipinski definition) is 1. The molecule has 1 heterocycles. The summed E-state index contributed by atoms with van der Waals surface area (Å²) in [5.41, 5.74) is 1.79. The Morgan fingerprint density at radius 1 is 1.21 bits per heavy atom. The lowest BCUT2D eigenvalue weighted by Crippen LogP contribution is -2.36. The van der Waals surface area contributed by atoms with Crippen LogP contribution in [0.15, 0.2) is 48.5 Å². The number of nitro groups is 1. The van der Waals surface area contributed by atoms with Crippen molar-refractivity contribution in [3.05, 3.63) is 69.8 Å². The van der Waals surface area contributed by atoms with Crippen LogP contribution in [0.5, 0.6) is 0 Å². The van der Waals surface area contributed by atoms with E-state index >= 15 is 0 Å². The summed E-state index contributed by atoms with van der Waals surface area (Å²) in [6.07, 6.45) is 1.71. The second kappa shape index (κ2) is 9.32. The van der Waals surface area contributed by atoms with Crippen molar-refractivity contribution in [3.8, 4) is 0 Å². The van der Waals surface area contributed by atoms with Gasteiger partial charge in [0.05, 0.1) is 24.2 Å². The summed E-state index contributed by atoms with van der Waals surface area (Å²) in [6, 6.07) is 14.3. The van der Waals surface area contributed by atoms with Crippen LogP contribution in [-0.4, -0.2) is 37.1 Å². The highest BCUT2D eigenvalue weighted by Crippen LogP contribution is 2.30. The van der Waals surface area contributed by atoms with Crippen molar-refractivity contribution in [3.63, 3.8) is 0 Å². The van der Waals surface area contributed by atoms with Crippen LogP contribution in [0.3, 0.4) is 0 Å². The number of nitro benzene ring substituents is 1. The summed E-state index contributed by atoms with van der Waals surface area (Å²) >= 11 is 0. The van der Waals surface area contributed by atoms with Crippen LogP contribution in [0, 0.1) is 10.1 Å². The summed E-state index contributed by atoms with van der Waals surface area (Å²) in [6.45, 7) is 4.33. The van der Waals surface area contributed by atoms with E-state index in [0.29, 0.717) is 37.6 Å². The Morgan fingerprint density at radius 3 is 2.57 bits per heavy atom. The van der Waals surface area contributed by atoms with Gasteiger partial charge in [-0.3, -0.25) is 14.9 Å². The molecule has 0 radical (unpaired) electrons. The maximum absolute atomic E-state index is 12.8. The van der Waals surface area contributed by atoms with E-state index in [4.69, 9.17) is 4.74 Å². The lowest BCUT2D eigenvalue weighted by atomic mass is 10.0. The van der Waals surface area contributed by atoms with Gasteiger partial charge in [-0.15, -0.1) is 0 Å². The van der Waals surface area contributed by atoms with Gasteiger partial charge in [0, 0.05) is 24.7 Å². The van der Waals surface area contributed by atoms with Crippen LogP contribution in [-0.2, 0) is 4.74 Å². The predicted octanol–water partition coefficient (Wildman–Crippen LogP) is 3.70. The van der Waals surface area contributed by atoms with Gasteiger partial charge in [-0.05, 0) is 24.1 Å². The lowest BCUT2D eigenvalue weighted by molar-refractivity contribution is -0.384. The zero-order chi connectivity index (χ0) is 19.9. The summed E-state index contributed by atoms with van der Waals surface area (Å²) in [4.78, 5) is 25.9. The number of hydrogen-bond acceptors (Lipinski definition) is 5. The summed E-state index contributed by atoms with van der Waals surface area (Å²) in [7, 11) is 0. The minimum absolute atomic E-state index is 0.0543. The van der Waals surface area contributed by atoms with Crippen molar-refractivity contribution < 1.29 is 14.5 Å². The molecule has 0 aliphatic carbocycles. The number of carbonyl (C=O) groups is 1. The highest BCUT2D eigenvalue weighted by atomic mass is 16.6. The van der Waals surface area contributed by atoms with Crippen molar-refractivity contribution in [1.82, 2.24) is 5.32 Å². The molecule has 1 aliphatic rings.